The van der Waals surface area contributed by atoms with Gasteiger partial charge in [0, 0.05) is 10.7 Å². The molecule has 0 saturated carbocycles. The third-order valence-corrected chi connectivity index (χ3v) is 5.28. The summed E-state index contributed by atoms with van der Waals surface area (Å²) in [4.78, 5) is 19.6. The molecular weight excluding hydrogens is 378 g/mol. The Morgan fingerprint density at radius 1 is 1.16 bits per heavy atom. The van der Waals surface area contributed by atoms with Crippen molar-refractivity contribution in [1.29, 1.82) is 0 Å². The van der Waals surface area contributed by atoms with Gasteiger partial charge in [0.2, 0.25) is 0 Å². The zero-order valence-electron chi connectivity index (χ0n) is 13.8. The molecule has 0 bridgehead atoms. The molecule has 0 unspecified atom stereocenters. The van der Waals surface area contributed by atoms with Crippen molar-refractivity contribution in [1.82, 2.24) is 14.5 Å². The van der Waals surface area contributed by atoms with E-state index in [1.165, 1.54) is 0 Å². The van der Waals surface area contributed by atoms with Crippen LogP contribution in [0.15, 0.2) is 71.6 Å². The summed E-state index contributed by atoms with van der Waals surface area (Å²) in [6, 6.07) is 17.7. The Balaban J connectivity index is 1.76. The molecule has 0 N–H and O–H groups in total. The van der Waals surface area contributed by atoms with Crippen LogP contribution in [-0.4, -0.2) is 20.4 Å². The summed E-state index contributed by atoms with van der Waals surface area (Å²) in [5.74, 6) is 0.0972. The van der Waals surface area contributed by atoms with Gasteiger partial charge in [-0.2, -0.15) is 0 Å². The number of halogens is 1. The lowest BCUT2D eigenvalue weighted by Gasteiger charge is -2.38. The highest BCUT2D eigenvalue weighted by molar-refractivity contribution is 9.10. The number of hydrogen-bond donors (Lipinski definition) is 0. The summed E-state index contributed by atoms with van der Waals surface area (Å²) in [6.07, 6.45) is 3.60. The highest BCUT2D eigenvalue weighted by Crippen LogP contribution is 2.34. The molecule has 25 heavy (non-hydrogen) atoms. The van der Waals surface area contributed by atoms with E-state index in [4.69, 9.17) is 0 Å². The monoisotopic (exact) mass is 395 g/mol. The predicted octanol–water partition coefficient (Wildman–Crippen LogP) is 4.34. The van der Waals surface area contributed by atoms with Crippen LogP contribution in [0.1, 0.15) is 35.8 Å². The number of carbonyl (C=O) groups excluding carboxylic acids is 1. The van der Waals surface area contributed by atoms with E-state index in [0.29, 0.717) is 6.54 Å². The van der Waals surface area contributed by atoms with Crippen molar-refractivity contribution in [2.75, 3.05) is 0 Å². The number of hydrogen-bond acceptors (Lipinski definition) is 2. The number of amides is 1. The number of rotatable bonds is 3. The molecule has 0 fully saturated rings. The molecule has 5 heteroatoms. The van der Waals surface area contributed by atoms with Crippen molar-refractivity contribution >= 4 is 21.8 Å². The van der Waals surface area contributed by atoms with Gasteiger partial charge in [0.15, 0.2) is 0 Å². The van der Waals surface area contributed by atoms with Crippen LogP contribution in [0.5, 0.6) is 0 Å². The van der Waals surface area contributed by atoms with E-state index in [9.17, 15) is 4.79 Å². The minimum atomic E-state index is -0.380. The normalized spacial score (nSPS) is 18.1. The van der Waals surface area contributed by atoms with Crippen LogP contribution in [0.25, 0.3) is 0 Å². The van der Waals surface area contributed by atoms with E-state index in [-0.39, 0.29) is 18.0 Å². The average Bonchev–Trinajstić information content (AvgIpc) is 3.09. The van der Waals surface area contributed by atoms with E-state index in [0.717, 1.165) is 21.3 Å². The largest absolute Gasteiger partial charge is 0.328 e. The number of fused-ring (bicyclic) bond motifs is 1. The quantitative estimate of drug-likeness (QED) is 0.661. The molecule has 1 aliphatic rings. The Kier molecular flexibility index (Phi) is 4.17. The third kappa shape index (κ3) is 2.89. The molecule has 4 nitrogen and oxygen atoms in total. The standard InChI is InChI=1S/C20H18BrN3O/c1-14(15-6-3-2-4-7-15)23-12-18-11-22-13-24(18)19(20(23)25)16-8-5-9-17(21)10-16/h2-11,13-14,19H,12H2,1H3/t14-,19-/m1/s1. The molecule has 1 aliphatic heterocycles. The summed E-state index contributed by atoms with van der Waals surface area (Å²) in [5.41, 5.74) is 3.15. The molecule has 0 aliphatic carbocycles. The summed E-state index contributed by atoms with van der Waals surface area (Å²) >= 11 is 3.51. The van der Waals surface area contributed by atoms with Crippen molar-refractivity contribution < 1.29 is 4.79 Å². The fourth-order valence-corrected chi connectivity index (χ4v) is 3.85. The van der Waals surface area contributed by atoms with Gasteiger partial charge in [-0.05, 0) is 30.2 Å². The summed E-state index contributed by atoms with van der Waals surface area (Å²) in [5, 5.41) is 0. The first-order valence-corrected chi connectivity index (χ1v) is 9.06. The zero-order chi connectivity index (χ0) is 17.4. The average molecular weight is 396 g/mol. The maximum Gasteiger partial charge on any atom is 0.251 e. The number of nitrogens with zero attached hydrogens (tertiary/aromatic N) is 3. The second-order valence-corrected chi connectivity index (χ2v) is 7.22. The van der Waals surface area contributed by atoms with E-state index < -0.39 is 0 Å². The molecular formula is C20H18BrN3O. The molecule has 1 aromatic heterocycles. The highest BCUT2D eigenvalue weighted by Gasteiger charge is 2.36. The first-order chi connectivity index (χ1) is 12.1. The molecule has 1 amide bonds. The molecule has 3 aromatic rings. The van der Waals surface area contributed by atoms with Gasteiger partial charge in [-0.3, -0.25) is 4.79 Å². The van der Waals surface area contributed by atoms with Gasteiger partial charge in [-0.1, -0.05) is 58.4 Å². The van der Waals surface area contributed by atoms with E-state index >= 15 is 0 Å². The second-order valence-electron chi connectivity index (χ2n) is 6.30. The van der Waals surface area contributed by atoms with E-state index in [1.807, 2.05) is 58.1 Å². The van der Waals surface area contributed by atoms with Crippen molar-refractivity contribution in [3.8, 4) is 0 Å². The van der Waals surface area contributed by atoms with E-state index in [1.54, 1.807) is 6.33 Å². The summed E-state index contributed by atoms with van der Waals surface area (Å²) in [6.45, 7) is 2.65. The number of aromatic nitrogens is 2. The minimum Gasteiger partial charge on any atom is -0.328 e. The molecule has 2 atom stereocenters. The van der Waals surface area contributed by atoms with Crippen LogP contribution in [0.2, 0.25) is 0 Å². The number of benzene rings is 2. The van der Waals surface area contributed by atoms with E-state index in [2.05, 4.69) is 40.0 Å². The van der Waals surface area contributed by atoms with Gasteiger partial charge < -0.3 is 9.47 Å². The molecule has 126 valence electrons. The lowest BCUT2D eigenvalue weighted by molar-refractivity contribution is -0.138. The van der Waals surface area contributed by atoms with Crippen LogP contribution in [0.3, 0.4) is 0 Å². The first-order valence-electron chi connectivity index (χ1n) is 8.27. The highest BCUT2D eigenvalue weighted by atomic mass is 79.9. The maximum absolute atomic E-state index is 13.4. The van der Waals surface area contributed by atoms with Gasteiger partial charge >= 0.3 is 0 Å². The fraction of sp³-hybridized carbons (Fsp3) is 0.200. The smallest absolute Gasteiger partial charge is 0.251 e. The van der Waals surface area contributed by atoms with Crippen molar-refractivity contribution in [3.63, 3.8) is 0 Å². The molecule has 0 saturated heterocycles. The van der Waals surface area contributed by atoms with Crippen LogP contribution < -0.4 is 0 Å². The maximum atomic E-state index is 13.4. The Labute approximate surface area is 155 Å². The van der Waals surface area contributed by atoms with Crippen molar-refractivity contribution in [2.45, 2.75) is 25.6 Å². The second kappa shape index (κ2) is 6.48. The van der Waals surface area contributed by atoms with Crippen LogP contribution in [0.4, 0.5) is 0 Å². The van der Waals surface area contributed by atoms with Gasteiger partial charge in [0.05, 0.1) is 24.6 Å². The van der Waals surface area contributed by atoms with Gasteiger partial charge in [-0.25, -0.2) is 4.98 Å². The first kappa shape index (κ1) is 16.1. The molecule has 2 aromatic carbocycles. The summed E-state index contributed by atoms with van der Waals surface area (Å²) < 4.78 is 2.95. The van der Waals surface area contributed by atoms with Crippen molar-refractivity contribution in [2.24, 2.45) is 0 Å². The number of carbonyl (C=O) groups is 1. The van der Waals surface area contributed by atoms with Gasteiger partial charge in [0.25, 0.3) is 5.91 Å². The Bertz CT molecular complexity index is 906. The lowest BCUT2D eigenvalue weighted by atomic mass is 9.99. The topological polar surface area (TPSA) is 38.1 Å². The lowest BCUT2D eigenvalue weighted by Crippen LogP contribution is -2.43. The van der Waals surface area contributed by atoms with Gasteiger partial charge in [0.1, 0.15) is 6.04 Å². The SMILES string of the molecule is C[C@H](c1ccccc1)N1Cc2cncn2[C@H](c2cccc(Br)c2)C1=O. The van der Waals surface area contributed by atoms with Crippen LogP contribution in [0, 0.1) is 0 Å². The van der Waals surface area contributed by atoms with Crippen LogP contribution in [-0.2, 0) is 11.3 Å². The Morgan fingerprint density at radius 3 is 2.72 bits per heavy atom. The minimum absolute atomic E-state index is 0.00648. The zero-order valence-corrected chi connectivity index (χ0v) is 15.4. The molecule has 0 radical (unpaired) electrons. The third-order valence-electron chi connectivity index (χ3n) is 4.79. The Morgan fingerprint density at radius 2 is 1.96 bits per heavy atom. The van der Waals surface area contributed by atoms with Crippen LogP contribution >= 0.6 is 15.9 Å². The van der Waals surface area contributed by atoms with Gasteiger partial charge in [-0.15, -0.1) is 0 Å². The molecule has 2 heterocycles. The summed E-state index contributed by atoms with van der Waals surface area (Å²) in [7, 11) is 0. The number of imidazole rings is 1. The molecule has 0 spiro atoms. The predicted molar refractivity (Wildman–Crippen MR) is 99.9 cm³/mol. The van der Waals surface area contributed by atoms with Crippen molar-refractivity contribution in [3.05, 3.63) is 88.4 Å². The Hall–Kier alpha value is -2.40. The molecule has 4 rings (SSSR count). The fourth-order valence-electron chi connectivity index (χ4n) is 3.43.